The average molecular weight is 773 g/mol. The van der Waals surface area contributed by atoms with Crippen LogP contribution in [0.15, 0.2) is 47.8 Å². The van der Waals surface area contributed by atoms with E-state index in [0.29, 0.717) is 5.56 Å². The number of ether oxygens (including phenoxy) is 2. The molecule has 0 spiro atoms. The van der Waals surface area contributed by atoms with Crippen LogP contribution in [0.2, 0.25) is 0 Å². The number of benzene rings is 1. The highest BCUT2D eigenvalue weighted by molar-refractivity contribution is 7.84. The summed E-state index contributed by atoms with van der Waals surface area (Å²) in [6, 6.07) is 8.33. The molecule has 7 atom stereocenters. The minimum absolute atomic E-state index is 0.0421. The van der Waals surface area contributed by atoms with Crippen molar-refractivity contribution in [2.45, 2.75) is 63.3 Å². The van der Waals surface area contributed by atoms with Crippen LogP contribution in [0, 0.1) is 5.92 Å². The highest BCUT2D eigenvalue weighted by Crippen LogP contribution is 2.35. The van der Waals surface area contributed by atoms with Crippen LogP contribution in [0.5, 0.6) is 0 Å². The Hall–Kier alpha value is -5.37. The number of halogens is 1. The van der Waals surface area contributed by atoms with Gasteiger partial charge in [0, 0.05) is 24.4 Å². The van der Waals surface area contributed by atoms with E-state index in [9.17, 15) is 33.0 Å². The molecule has 54 heavy (non-hydrogen) atoms. The van der Waals surface area contributed by atoms with Gasteiger partial charge in [-0.25, -0.2) is 23.5 Å². The van der Waals surface area contributed by atoms with Gasteiger partial charge in [0.25, 0.3) is 11.5 Å². The number of carbonyl (C=O) groups is 2. The fourth-order valence-corrected chi connectivity index (χ4v) is 6.78. The number of aliphatic hydroxyl groups excluding tert-OH is 2. The van der Waals surface area contributed by atoms with Gasteiger partial charge in [0.2, 0.25) is 11.9 Å². The summed E-state index contributed by atoms with van der Waals surface area (Å²) in [4.78, 5) is 56.6. The molecule has 2 fully saturated rings. The lowest BCUT2D eigenvalue weighted by atomic mass is 10.1. The molecule has 0 radical (unpaired) electrons. The van der Waals surface area contributed by atoms with E-state index in [-0.39, 0.29) is 40.5 Å². The standard InChI is InChI=1S/C30H33FN12O10S/c1-13(2)25(46)38-30-37-24-20(27(48)39-30)40-41-43(24)28-16(8-15(10-44)51-28)53-54(49,50)35-9-17-21(45)18(31)29(52-17)42-12-34-19-22(32-11-33-23(19)42)36-26(47)14-6-4-3-5-7-14/h3-7,11-13,15-18,21,28-29,35,44-45H,8-10H2,1-2H3,(H,32,33,36,47)(H2,37,38,39,46,48)/t15-,16+,17+,18+,21+,28+,29+/m0/s1. The number of carbonyl (C=O) groups excluding carboxylic acids is 2. The summed E-state index contributed by atoms with van der Waals surface area (Å²) >= 11 is 0. The van der Waals surface area contributed by atoms with Crippen LogP contribution in [-0.4, -0.2) is 119 Å². The minimum Gasteiger partial charge on any atom is -0.394 e. The van der Waals surface area contributed by atoms with E-state index < -0.39 is 89.8 Å². The summed E-state index contributed by atoms with van der Waals surface area (Å²) in [6.07, 6.45) is -8.31. The van der Waals surface area contributed by atoms with Gasteiger partial charge in [-0.05, 0) is 12.1 Å². The number of nitrogens with zero attached hydrogens (tertiary/aromatic N) is 8. The number of imidazole rings is 1. The summed E-state index contributed by atoms with van der Waals surface area (Å²) < 4.78 is 63.1. The first-order valence-electron chi connectivity index (χ1n) is 16.4. The van der Waals surface area contributed by atoms with Crippen molar-refractivity contribution in [1.82, 2.24) is 49.2 Å². The summed E-state index contributed by atoms with van der Waals surface area (Å²) in [7, 11) is -4.70. The Bertz CT molecular complexity index is 2360. The smallest absolute Gasteiger partial charge is 0.336 e. The Balaban J connectivity index is 1.04. The first-order valence-corrected chi connectivity index (χ1v) is 17.9. The van der Waals surface area contributed by atoms with Crippen LogP contribution >= 0.6 is 0 Å². The molecular formula is C30H33FN12O10S. The SMILES string of the molecule is CC(C)C(=O)Nc1nc2c(nnn2[C@@H]2O[C@H](CO)C[C@H]2OS(=O)(=O)NC[C@H]2O[C@@H](n3cnc4c(NC(=O)c5ccccc5)ncnc43)[C@H](F)[C@@H]2O)c(=O)[nH]1. The Morgan fingerprint density at radius 1 is 1.09 bits per heavy atom. The number of hydrogen-bond acceptors (Lipinski definition) is 16. The second kappa shape index (κ2) is 14.8. The predicted molar refractivity (Wildman–Crippen MR) is 181 cm³/mol. The molecular weight excluding hydrogens is 739 g/mol. The van der Waals surface area contributed by atoms with E-state index in [2.05, 4.69) is 50.6 Å². The van der Waals surface area contributed by atoms with E-state index in [4.69, 9.17) is 13.7 Å². The second-order valence-corrected chi connectivity index (χ2v) is 14.0. The first-order chi connectivity index (χ1) is 25.8. The highest BCUT2D eigenvalue weighted by Gasteiger charge is 2.47. The molecule has 6 heterocycles. The van der Waals surface area contributed by atoms with Crippen molar-refractivity contribution in [2.24, 2.45) is 5.92 Å². The van der Waals surface area contributed by atoms with Gasteiger partial charge in [-0.1, -0.05) is 37.3 Å². The topological polar surface area (TPSA) is 293 Å². The lowest BCUT2D eigenvalue weighted by molar-refractivity contribution is -0.118. The zero-order chi connectivity index (χ0) is 38.3. The van der Waals surface area contributed by atoms with Crippen LogP contribution in [0.4, 0.5) is 16.2 Å². The van der Waals surface area contributed by atoms with E-state index in [1.54, 1.807) is 44.2 Å². The van der Waals surface area contributed by atoms with Crippen molar-refractivity contribution in [3.63, 3.8) is 0 Å². The number of rotatable bonds is 12. The maximum atomic E-state index is 15.5. The van der Waals surface area contributed by atoms with Crippen LogP contribution < -0.4 is 20.9 Å². The second-order valence-electron chi connectivity index (χ2n) is 12.6. The molecule has 22 nitrogen and oxygen atoms in total. The predicted octanol–water partition coefficient (Wildman–Crippen LogP) is -0.703. The molecule has 0 saturated carbocycles. The molecule has 5 aromatic rings. The molecule has 0 aliphatic carbocycles. The molecule has 6 N–H and O–H groups in total. The fraction of sp³-hybridized carbons (Fsp3) is 0.433. The quantitative estimate of drug-likeness (QED) is 0.0914. The lowest BCUT2D eigenvalue weighted by Crippen LogP contribution is -2.41. The number of nitrogens with one attached hydrogen (secondary N) is 4. The molecule has 7 rings (SSSR count). The third-order valence-corrected chi connectivity index (χ3v) is 9.62. The first kappa shape index (κ1) is 37.0. The molecule has 0 bridgehead atoms. The summed E-state index contributed by atoms with van der Waals surface area (Å²) in [5, 5.41) is 33.3. The Labute approximate surface area is 303 Å². The van der Waals surface area contributed by atoms with Crippen molar-refractivity contribution < 1.29 is 46.3 Å². The number of aromatic nitrogens is 9. The Kier molecular flexibility index (Phi) is 10.1. The van der Waals surface area contributed by atoms with E-state index in [0.717, 1.165) is 11.0 Å². The number of aromatic amines is 1. The Morgan fingerprint density at radius 3 is 2.61 bits per heavy atom. The van der Waals surface area contributed by atoms with Crippen molar-refractivity contribution in [3.05, 3.63) is 58.9 Å². The van der Waals surface area contributed by atoms with E-state index in [1.807, 2.05) is 0 Å². The molecule has 2 amide bonds. The monoisotopic (exact) mass is 772 g/mol. The molecule has 2 saturated heterocycles. The fourth-order valence-electron chi connectivity index (χ4n) is 5.84. The molecule has 1 aromatic carbocycles. The van der Waals surface area contributed by atoms with Gasteiger partial charge in [-0.3, -0.25) is 29.3 Å². The molecule has 2 aliphatic heterocycles. The van der Waals surface area contributed by atoms with Crippen LogP contribution in [0.25, 0.3) is 22.3 Å². The summed E-state index contributed by atoms with van der Waals surface area (Å²) in [5.41, 5.74) is -0.645. The number of fused-ring (bicyclic) bond motifs is 2. The van der Waals surface area contributed by atoms with Crippen molar-refractivity contribution in [1.29, 1.82) is 0 Å². The third-order valence-electron chi connectivity index (χ3n) is 8.60. The highest BCUT2D eigenvalue weighted by atomic mass is 32.2. The average Bonchev–Trinajstić information content (AvgIpc) is 3.93. The van der Waals surface area contributed by atoms with Gasteiger partial charge in [-0.15, -0.1) is 5.10 Å². The van der Waals surface area contributed by atoms with Crippen molar-refractivity contribution in [3.8, 4) is 0 Å². The van der Waals surface area contributed by atoms with E-state index in [1.165, 1.54) is 10.9 Å². The number of aliphatic hydroxyl groups is 2. The largest absolute Gasteiger partial charge is 0.394 e. The lowest BCUT2D eigenvalue weighted by Gasteiger charge is -2.20. The van der Waals surface area contributed by atoms with Gasteiger partial charge >= 0.3 is 10.3 Å². The third kappa shape index (κ3) is 7.26. The van der Waals surface area contributed by atoms with Crippen molar-refractivity contribution in [2.75, 3.05) is 23.8 Å². The van der Waals surface area contributed by atoms with Crippen LogP contribution in [0.1, 0.15) is 43.1 Å². The Morgan fingerprint density at radius 2 is 1.87 bits per heavy atom. The number of anilines is 2. The van der Waals surface area contributed by atoms with E-state index >= 15 is 4.39 Å². The minimum atomic E-state index is -4.70. The zero-order valence-corrected chi connectivity index (χ0v) is 29.1. The maximum Gasteiger partial charge on any atom is 0.336 e. The summed E-state index contributed by atoms with van der Waals surface area (Å²) in [6.45, 7) is 2.08. The molecule has 286 valence electrons. The van der Waals surface area contributed by atoms with Gasteiger partial charge in [0.05, 0.1) is 19.0 Å². The van der Waals surface area contributed by atoms with Crippen LogP contribution in [-0.2, 0) is 28.8 Å². The summed E-state index contributed by atoms with van der Waals surface area (Å²) in [5.74, 6) is -1.54. The number of H-pyrrole nitrogens is 1. The number of hydrogen-bond donors (Lipinski definition) is 6. The molecule has 0 unspecified atom stereocenters. The molecule has 2 aliphatic rings. The zero-order valence-electron chi connectivity index (χ0n) is 28.3. The normalized spacial score (nSPS) is 24.4. The van der Waals surface area contributed by atoms with Gasteiger partial charge < -0.3 is 25.0 Å². The maximum absolute atomic E-state index is 15.5. The van der Waals surface area contributed by atoms with Gasteiger partial charge in [0.1, 0.15) is 24.6 Å². The van der Waals surface area contributed by atoms with Gasteiger partial charge in [-0.2, -0.15) is 22.8 Å². The number of amides is 2. The molecule has 24 heteroatoms. The van der Waals surface area contributed by atoms with Gasteiger partial charge in [0.15, 0.2) is 46.8 Å². The number of alkyl halides is 1. The van der Waals surface area contributed by atoms with Crippen LogP contribution in [0.3, 0.4) is 0 Å². The van der Waals surface area contributed by atoms with Crippen molar-refractivity contribution >= 4 is 56.2 Å². The molecule has 4 aromatic heterocycles.